The second kappa shape index (κ2) is 7.22. The van der Waals surface area contributed by atoms with Crippen LogP contribution in [0.25, 0.3) is 6.08 Å². The third kappa shape index (κ3) is 3.53. The second-order valence-electron chi connectivity index (χ2n) is 8.61. The average Bonchev–Trinajstić information content (AvgIpc) is 3.38. The molecule has 1 aromatic heterocycles. The van der Waals surface area contributed by atoms with Crippen molar-refractivity contribution in [3.05, 3.63) is 37.9 Å². The monoisotopic (exact) mass is 452 g/mol. The summed E-state index contributed by atoms with van der Waals surface area (Å²) in [5.74, 6) is -7.65. The van der Waals surface area contributed by atoms with E-state index < -0.39 is 53.1 Å². The number of fused-ring (bicyclic) bond motifs is 1. The van der Waals surface area contributed by atoms with Gasteiger partial charge in [-0.05, 0) is 37.8 Å². The van der Waals surface area contributed by atoms with Crippen LogP contribution in [-0.4, -0.2) is 51.7 Å². The number of halogens is 6. The molecular formula is C19H22F6N4O2. The summed E-state index contributed by atoms with van der Waals surface area (Å²) in [6, 6.07) is -3.56. The van der Waals surface area contributed by atoms with E-state index in [9.17, 15) is 31.5 Å². The smallest absolute Gasteiger partial charge is 0.322 e. The van der Waals surface area contributed by atoms with Gasteiger partial charge in [0.05, 0.1) is 17.6 Å². The van der Waals surface area contributed by atoms with E-state index in [1.807, 2.05) is 0 Å². The second-order valence-corrected chi connectivity index (χ2v) is 8.61. The molecule has 3 aliphatic rings. The number of hydrogen-bond acceptors (Lipinski definition) is 4. The molecule has 0 bridgehead atoms. The Labute approximate surface area is 172 Å². The molecule has 4 unspecified atom stereocenters. The van der Waals surface area contributed by atoms with E-state index in [0.717, 1.165) is 18.9 Å². The topological polar surface area (TPSA) is 84.1 Å². The van der Waals surface area contributed by atoms with Gasteiger partial charge in [-0.1, -0.05) is 6.92 Å². The average molecular weight is 452 g/mol. The zero-order valence-electron chi connectivity index (χ0n) is 16.6. The Morgan fingerprint density at radius 2 is 1.81 bits per heavy atom. The molecular weight excluding hydrogens is 430 g/mol. The first-order valence-corrected chi connectivity index (χ1v) is 10.0. The van der Waals surface area contributed by atoms with Crippen LogP contribution >= 0.6 is 0 Å². The van der Waals surface area contributed by atoms with Gasteiger partial charge in [0, 0.05) is 24.2 Å². The van der Waals surface area contributed by atoms with Gasteiger partial charge >= 0.3 is 17.8 Å². The van der Waals surface area contributed by atoms with Crippen molar-refractivity contribution in [2.75, 3.05) is 13.1 Å². The van der Waals surface area contributed by atoms with E-state index in [4.69, 9.17) is 5.73 Å². The molecule has 0 aromatic carbocycles. The molecule has 0 spiro atoms. The molecule has 6 nitrogen and oxygen atoms in total. The molecule has 2 fully saturated rings. The van der Waals surface area contributed by atoms with Crippen LogP contribution in [0.3, 0.4) is 0 Å². The highest BCUT2D eigenvalue weighted by Crippen LogP contribution is 2.44. The van der Waals surface area contributed by atoms with E-state index >= 15 is 4.39 Å². The molecule has 1 aromatic rings. The molecule has 2 aliphatic carbocycles. The molecule has 1 aliphatic heterocycles. The first kappa shape index (κ1) is 22.1. The fourth-order valence-corrected chi connectivity index (χ4v) is 4.83. The van der Waals surface area contributed by atoms with Crippen LogP contribution in [-0.2, 0) is 0 Å². The highest BCUT2D eigenvalue weighted by Gasteiger charge is 2.63. The standard InChI is InChI=1S/C19H22F6N4O2/c1-8-13-11(16(30)27-17(31)29(13)10-2-3-10)6-12(20)14(8)28-5-4-9(7-28)15(26)18(21,22)19(23,24)25/h6,8-10,14-15H,2-5,7,26H2,1H3,(H,27,30,31). The van der Waals surface area contributed by atoms with E-state index in [2.05, 4.69) is 4.98 Å². The minimum absolute atomic E-state index is 0.0313. The number of alkyl halides is 5. The van der Waals surface area contributed by atoms with Crippen molar-refractivity contribution in [1.29, 1.82) is 0 Å². The molecule has 12 heteroatoms. The molecule has 1 saturated carbocycles. The summed E-state index contributed by atoms with van der Waals surface area (Å²) >= 11 is 0. The summed E-state index contributed by atoms with van der Waals surface area (Å²) in [4.78, 5) is 28.3. The Hall–Kier alpha value is -2.08. The van der Waals surface area contributed by atoms with Crippen molar-refractivity contribution in [2.24, 2.45) is 11.7 Å². The molecule has 31 heavy (non-hydrogen) atoms. The van der Waals surface area contributed by atoms with Gasteiger partial charge in [-0.3, -0.25) is 19.2 Å². The Kier molecular flexibility index (Phi) is 5.16. The number of aromatic nitrogens is 2. The fraction of sp³-hybridized carbons (Fsp3) is 0.684. The number of H-pyrrole nitrogens is 1. The Morgan fingerprint density at radius 1 is 1.16 bits per heavy atom. The predicted octanol–water partition coefficient (Wildman–Crippen LogP) is 2.51. The number of rotatable bonds is 4. The summed E-state index contributed by atoms with van der Waals surface area (Å²) in [5.41, 5.74) is 4.37. The fourth-order valence-electron chi connectivity index (χ4n) is 4.83. The molecule has 4 rings (SSSR count). The zero-order valence-corrected chi connectivity index (χ0v) is 16.6. The summed E-state index contributed by atoms with van der Waals surface area (Å²) in [7, 11) is 0. The Bertz CT molecular complexity index is 1030. The number of nitrogens with two attached hydrogens (primary N) is 1. The van der Waals surface area contributed by atoms with E-state index in [0.29, 0.717) is 5.69 Å². The highest BCUT2D eigenvalue weighted by atomic mass is 19.4. The largest absolute Gasteiger partial charge is 0.454 e. The third-order valence-corrected chi connectivity index (χ3v) is 6.56. The molecule has 172 valence electrons. The van der Waals surface area contributed by atoms with Crippen LogP contribution in [0, 0.1) is 5.92 Å². The third-order valence-electron chi connectivity index (χ3n) is 6.56. The number of aromatic amines is 1. The Morgan fingerprint density at radius 3 is 2.39 bits per heavy atom. The zero-order chi connectivity index (χ0) is 22.9. The maximum absolute atomic E-state index is 15.0. The van der Waals surface area contributed by atoms with Gasteiger partial charge in [-0.15, -0.1) is 0 Å². The number of likely N-dealkylation sites (tertiary alicyclic amines) is 1. The Balaban J connectivity index is 1.64. The number of nitrogens with one attached hydrogen (secondary N) is 1. The van der Waals surface area contributed by atoms with Crippen molar-refractivity contribution in [2.45, 2.75) is 62.3 Å². The van der Waals surface area contributed by atoms with Crippen LogP contribution in [0.15, 0.2) is 15.4 Å². The van der Waals surface area contributed by atoms with Crippen molar-refractivity contribution in [3.8, 4) is 0 Å². The van der Waals surface area contributed by atoms with Gasteiger partial charge in [-0.2, -0.15) is 22.0 Å². The lowest BCUT2D eigenvalue weighted by Crippen LogP contribution is -2.56. The lowest BCUT2D eigenvalue weighted by atomic mass is 9.86. The molecule has 0 amide bonds. The van der Waals surface area contributed by atoms with Crippen molar-refractivity contribution in [3.63, 3.8) is 0 Å². The number of hydrogen-bond donors (Lipinski definition) is 2. The maximum atomic E-state index is 15.0. The SMILES string of the molecule is CC1c2c(c(=O)[nH]c(=O)n2C2CC2)C=C(F)C1N1CCC(C(N)C(F)(F)C(F)(F)F)C1. The van der Waals surface area contributed by atoms with Gasteiger partial charge in [-0.25, -0.2) is 9.18 Å². The molecule has 0 radical (unpaired) electrons. The van der Waals surface area contributed by atoms with Crippen molar-refractivity contribution in [1.82, 2.24) is 14.5 Å². The first-order valence-electron chi connectivity index (χ1n) is 10.0. The minimum atomic E-state index is -5.77. The van der Waals surface area contributed by atoms with E-state index in [1.165, 1.54) is 9.47 Å². The predicted molar refractivity (Wildman–Crippen MR) is 99.5 cm³/mol. The molecule has 4 atom stereocenters. The van der Waals surface area contributed by atoms with Crippen LogP contribution in [0.2, 0.25) is 0 Å². The van der Waals surface area contributed by atoms with E-state index in [1.54, 1.807) is 6.92 Å². The molecule has 1 saturated heterocycles. The minimum Gasteiger partial charge on any atom is -0.322 e. The van der Waals surface area contributed by atoms with Crippen LogP contribution in [0.4, 0.5) is 26.3 Å². The quantitative estimate of drug-likeness (QED) is 0.688. The van der Waals surface area contributed by atoms with Crippen LogP contribution < -0.4 is 17.0 Å². The highest BCUT2D eigenvalue weighted by molar-refractivity contribution is 5.59. The summed E-state index contributed by atoms with van der Waals surface area (Å²) in [5, 5.41) is 0. The lowest BCUT2D eigenvalue weighted by Gasteiger charge is -2.36. The lowest BCUT2D eigenvalue weighted by molar-refractivity contribution is -0.293. The summed E-state index contributed by atoms with van der Waals surface area (Å²) in [6.45, 7) is 1.43. The van der Waals surface area contributed by atoms with Gasteiger partial charge < -0.3 is 5.73 Å². The summed E-state index contributed by atoms with van der Waals surface area (Å²) < 4.78 is 82.0. The molecule has 3 N–H and O–H groups in total. The molecule has 2 heterocycles. The van der Waals surface area contributed by atoms with Crippen LogP contribution in [0.5, 0.6) is 0 Å². The summed E-state index contributed by atoms with van der Waals surface area (Å²) in [6.07, 6.45) is -3.34. The van der Waals surface area contributed by atoms with Gasteiger partial charge in [0.15, 0.2) is 0 Å². The van der Waals surface area contributed by atoms with Crippen molar-refractivity contribution < 1.29 is 26.3 Å². The van der Waals surface area contributed by atoms with E-state index in [-0.39, 0.29) is 31.1 Å². The van der Waals surface area contributed by atoms with Gasteiger partial charge in [0.25, 0.3) is 5.56 Å². The number of nitrogens with zero attached hydrogens (tertiary/aromatic N) is 2. The van der Waals surface area contributed by atoms with Crippen molar-refractivity contribution >= 4 is 6.08 Å². The van der Waals surface area contributed by atoms with Gasteiger partial charge in [0.1, 0.15) is 5.83 Å². The van der Waals surface area contributed by atoms with Crippen LogP contribution in [0.1, 0.15) is 49.4 Å². The first-order chi connectivity index (χ1) is 14.3. The maximum Gasteiger partial charge on any atom is 0.454 e. The van der Waals surface area contributed by atoms with Gasteiger partial charge in [0.2, 0.25) is 0 Å². The normalized spacial score (nSPS) is 28.4.